The molecule has 0 aliphatic rings. The van der Waals surface area contributed by atoms with Gasteiger partial charge in [-0.15, -0.1) is 0 Å². The van der Waals surface area contributed by atoms with E-state index in [-0.39, 0.29) is 12.4 Å². The highest BCUT2D eigenvalue weighted by molar-refractivity contribution is 9.10. The summed E-state index contributed by atoms with van der Waals surface area (Å²) in [5, 5.41) is 7.43. The highest BCUT2D eigenvalue weighted by Crippen LogP contribution is 2.13. The van der Waals surface area contributed by atoms with Crippen LogP contribution in [0.2, 0.25) is 0 Å². The average molecular weight is 358 g/mol. The Morgan fingerprint density at radius 1 is 1.35 bits per heavy atom. The maximum Gasteiger partial charge on any atom is 0.305 e. The van der Waals surface area contributed by atoms with Crippen molar-refractivity contribution in [1.82, 2.24) is 10.7 Å². The zero-order valence-electron chi connectivity index (χ0n) is 11.3. The van der Waals surface area contributed by atoms with Gasteiger partial charge in [-0.25, -0.2) is 0 Å². The maximum absolute atomic E-state index is 11.3. The van der Waals surface area contributed by atoms with Crippen LogP contribution in [-0.4, -0.2) is 31.0 Å². The molecule has 0 fully saturated rings. The number of ether oxygens (including phenoxy) is 1. The van der Waals surface area contributed by atoms with Crippen molar-refractivity contribution in [3.8, 4) is 0 Å². The number of methoxy groups -OCH3 is 1. The van der Waals surface area contributed by atoms with Gasteiger partial charge in [0.05, 0.1) is 19.2 Å². The van der Waals surface area contributed by atoms with E-state index in [2.05, 4.69) is 36.5 Å². The molecule has 0 aromatic heterocycles. The van der Waals surface area contributed by atoms with Crippen molar-refractivity contribution in [2.75, 3.05) is 14.2 Å². The van der Waals surface area contributed by atoms with Crippen LogP contribution in [0.15, 0.2) is 33.8 Å². The first-order valence-corrected chi connectivity index (χ1v) is 7.14. The van der Waals surface area contributed by atoms with E-state index < -0.39 is 0 Å². The quantitative estimate of drug-likeness (QED) is 0.366. The number of nitrogens with zero attached hydrogens (tertiary/aromatic N) is 1. The summed E-state index contributed by atoms with van der Waals surface area (Å²) in [4.78, 5) is 11.3. The fourth-order valence-electron chi connectivity index (χ4n) is 1.40. The number of hydrazone groups is 1. The third-order valence-corrected chi connectivity index (χ3v) is 3.31. The first kappa shape index (κ1) is 16.6. The second-order valence-corrected chi connectivity index (χ2v) is 5.16. The topological polar surface area (TPSA) is 62.7 Å². The summed E-state index contributed by atoms with van der Waals surface area (Å²) in [6, 6.07) is 7.67. The molecule has 0 spiro atoms. The summed E-state index contributed by atoms with van der Waals surface area (Å²) in [5.74, 6) is -0.272. The summed E-state index contributed by atoms with van der Waals surface area (Å²) in [7, 11) is 3.08. The van der Waals surface area contributed by atoms with Crippen LogP contribution >= 0.6 is 28.1 Å². The Hall–Kier alpha value is -1.47. The van der Waals surface area contributed by atoms with Gasteiger partial charge in [-0.05, 0) is 29.9 Å². The van der Waals surface area contributed by atoms with E-state index in [4.69, 9.17) is 12.2 Å². The molecule has 0 bridgehead atoms. The molecule has 0 heterocycles. The summed E-state index contributed by atoms with van der Waals surface area (Å²) >= 11 is 8.36. The standard InChI is InChI=1S/C13H16BrN3O2S/c1-15-13(20)17-16-11(7-8-12(18)19-2)9-3-5-10(14)6-4-9/h3-6H,7-8H2,1-2H3,(H2,15,17,20)/b16-11-. The second-order valence-electron chi connectivity index (χ2n) is 3.83. The lowest BCUT2D eigenvalue weighted by atomic mass is 10.1. The Morgan fingerprint density at radius 3 is 2.55 bits per heavy atom. The Bertz CT molecular complexity index is 503. The number of carbonyl (C=O) groups is 1. The van der Waals surface area contributed by atoms with Gasteiger partial charge in [0.2, 0.25) is 0 Å². The number of nitrogens with one attached hydrogen (secondary N) is 2. The van der Waals surface area contributed by atoms with E-state index in [0.717, 1.165) is 15.7 Å². The summed E-state index contributed by atoms with van der Waals surface area (Å²) < 4.78 is 5.62. The molecule has 1 aromatic carbocycles. The van der Waals surface area contributed by atoms with Gasteiger partial charge in [0.25, 0.3) is 0 Å². The molecule has 0 atom stereocenters. The first-order chi connectivity index (χ1) is 9.56. The number of benzene rings is 1. The average Bonchev–Trinajstić information content (AvgIpc) is 2.47. The lowest BCUT2D eigenvalue weighted by Crippen LogP contribution is -2.29. The predicted molar refractivity (Wildman–Crippen MR) is 86.7 cm³/mol. The van der Waals surface area contributed by atoms with Crippen LogP contribution < -0.4 is 10.7 Å². The number of halogens is 1. The molecule has 5 nitrogen and oxygen atoms in total. The molecule has 7 heteroatoms. The highest BCUT2D eigenvalue weighted by Gasteiger charge is 2.08. The molecule has 0 radical (unpaired) electrons. The summed E-state index contributed by atoms with van der Waals surface area (Å²) in [6.45, 7) is 0. The molecule has 0 saturated carbocycles. The minimum Gasteiger partial charge on any atom is -0.469 e. The molecule has 1 rings (SSSR count). The van der Waals surface area contributed by atoms with Gasteiger partial charge >= 0.3 is 5.97 Å². The Morgan fingerprint density at radius 2 is 2.00 bits per heavy atom. The van der Waals surface area contributed by atoms with E-state index in [0.29, 0.717) is 11.5 Å². The Labute approximate surface area is 131 Å². The normalized spacial score (nSPS) is 10.8. The fourth-order valence-corrected chi connectivity index (χ4v) is 1.71. The molecular weight excluding hydrogens is 342 g/mol. The van der Waals surface area contributed by atoms with Gasteiger partial charge in [-0.3, -0.25) is 10.2 Å². The van der Waals surface area contributed by atoms with Crippen LogP contribution in [0.25, 0.3) is 0 Å². The third-order valence-electron chi connectivity index (χ3n) is 2.49. The van der Waals surface area contributed by atoms with Crippen molar-refractivity contribution in [2.45, 2.75) is 12.8 Å². The van der Waals surface area contributed by atoms with Gasteiger partial charge in [0.15, 0.2) is 5.11 Å². The molecule has 108 valence electrons. The van der Waals surface area contributed by atoms with Crippen LogP contribution in [0.4, 0.5) is 0 Å². The van der Waals surface area contributed by atoms with Crippen molar-refractivity contribution < 1.29 is 9.53 Å². The molecule has 1 aromatic rings. The van der Waals surface area contributed by atoms with Gasteiger partial charge in [0, 0.05) is 17.9 Å². The smallest absolute Gasteiger partial charge is 0.305 e. The zero-order valence-corrected chi connectivity index (χ0v) is 13.7. The third kappa shape index (κ3) is 5.66. The molecular formula is C13H16BrN3O2S. The van der Waals surface area contributed by atoms with Crippen molar-refractivity contribution in [3.05, 3.63) is 34.3 Å². The van der Waals surface area contributed by atoms with Gasteiger partial charge in [0.1, 0.15) is 0 Å². The van der Waals surface area contributed by atoms with E-state index in [1.165, 1.54) is 7.11 Å². The number of hydrogen-bond acceptors (Lipinski definition) is 4. The van der Waals surface area contributed by atoms with Gasteiger partial charge < -0.3 is 10.1 Å². The van der Waals surface area contributed by atoms with Gasteiger partial charge in [-0.1, -0.05) is 28.1 Å². The van der Waals surface area contributed by atoms with Gasteiger partial charge in [-0.2, -0.15) is 5.10 Å². The number of hydrogen-bond donors (Lipinski definition) is 2. The monoisotopic (exact) mass is 357 g/mol. The maximum atomic E-state index is 11.3. The minimum absolute atomic E-state index is 0.263. The molecule has 0 aliphatic carbocycles. The number of carbonyl (C=O) groups excluding carboxylic acids is 1. The van der Waals surface area contributed by atoms with E-state index >= 15 is 0 Å². The lowest BCUT2D eigenvalue weighted by Gasteiger charge is -2.08. The first-order valence-electron chi connectivity index (χ1n) is 5.94. The molecule has 20 heavy (non-hydrogen) atoms. The predicted octanol–water partition coefficient (Wildman–Crippen LogP) is 2.20. The van der Waals surface area contributed by atoms with Crippen LogP contribution in [0.3, 0.4) is 0 Å². The zero-order chi connectivity index (χ0) is 15.0. The van der Waals surface area contributed by atoms with E-state index in [1.54, 1.807) is 7.05 Å². The fraction of sp³-hybridized carbons (Fsp3) is 0.308. The molecule has 2 N–H and O–H groups in total. The van der Waals surface area contributed by atoms with Crippen LogP contribution in [0, 0.1) is 0 Å². The van der Waals surface area contributed by atoms with E-state index in [1.807, 2.05) is 24.3 Å². The second kappa shape index (κ2) is 8.65. The Kier molecular flexibility index (Phi) is 7.17. The van der Waals surface area contributed by atoms with Crippen molar-refractivity contribution in [1.29, 1.82) is 0 Å². The molecule has 0 saturated heterocycles. The van der Waals surface area contributed by atoms with E-state index in [9.17, 15) is 4.79 Å². The number of esters is 1. The molecule has 0 aliphatic heterocycles. The van der Waals surface area contributed by atoms with Crippen molar-refractivity contribution >= 4 is 44.9 Å². The van der Waals surface area contributed by atoms with Crippen LogP contribution in [0.5, 0.6) is 0 Å². The summed E-state index contributed by atoms with van der Waals surface area (Å²) in [6.07, 6.45) is 0.729. The SMILES string of the molecule is CNC(=S)N/N=C(/CCC(=O)OC)c1ccc(Br)cc1. The van der Waals surface area contributed by atoms with Crippen LogP contribution in [0.1, 0.15) is 18.4 Å². The number of rotatable bonds is 5. The Balaban J connectivity index is 2.85. The van der Waals surface area contributed by atoms with Crippen molar-refractivity contribution in [3.63, 3.8) is 0 Å². The minimum atomic E-state index is -0.272. The molecule has 0 amide bonds. The largest absolute Gasteiger partial charge is 0.469 e. The highest BCUT2D eigenvalue weighted by atomic mass is 79.9. The van der Waals surface area contributed by atoms with Crippen LogP contribution in [-0.2, 0) is 9.53 Å². The van der Waals surface area contributed by atoms with Crippen molar-refractivity contribution in [2.24, 2.45) is 5.10 Å². The lowest BCUT2D eigenvalue weighted by molar-refractivity contribution is -0.140. The summed E-state index contributed by atoms with van der Waals surface area (Å²) in [5.41, 5.74) is 4.39. The molecule has 0 unspecified atom stereocenters. The number of thiocarbonyl (C=S) groups is 1.